The largest absolute Gasteiger partial charge is 0.456 e. The van der Waals surface area contributed by atoms with Crippen molar-refractivity contribution in [2.75, 3.05) is 18.0 Å². The Hall–Kier alpha value is -1.89. The Labute approximate surface area is 126 Å². The van der Waals surface area contributed by atoms with Gasteiger partial charge < -0.3 is 14.2 Å². The van der Waals surface area contributed by atoms with E-state index < -0.39 is 0 Å². The third-order valence-corrected chi connectivity index (χ3v) is 5.11. The van der Waals surface area contributed by atoms with Crippen LogP contribution in [0.5, 0.6) is 0 Å². The molecule has 110 valence electrons. The molecule has 4 rings (SSSR count). The van der Waals surface area contributed by atoms with Gasteiger partial charge in [-0.15, -0.1) is 10.2 Å². The molecule has 0 bridgehead atoms. The fourth-order valence-corrected chi connectivity index (χ4v) is 4.10. The average Bonchev–Trinajstić information content (AvgIpc) is 3.22. The van der Waals surface area contributed by atoms with Crippen LogP contribution in [0.25, 0.3) is 0 Å². The Morgan fingerprint density at radius 3 is 2.90 bits per heavy atom. The van der Waals surface area contributed by atoms with Gasteiger partial charge in [0.15, 0.2) is 5.76 Å². The van der Waals surface area contributed by atoms with E-state index in [9.17, 15) is 4.79 Å². The molecule has 2 aliphatic heterocycles. The molecule has 4 heterocycles. The van der Waals surface area contributed by atoms with Crippen LogP contribution >= 0.6 is 11.3 Å². The monoisotopic (exact) mass is 304 g/mol. The first kappa shape index (κ1) is 12.8. The van der Waals surface area contributed by atoms with E-state index in [1.165, 1.54) is 0 Å². The maximum Gasteiger partial charge on any atom is 0.289 e. The van der Waals surface area contributed by atoms with Crippen molar-refractivity contribution < 1.29 is 9.21 Å². The van der Waals surface area contributed by atoms with Crippen molar-refractivity contribution >= 4 is 22.4 Å². The van der Waals surface area contributed by atoms with Crippen molar-refractivity contribution in [2.45, 2.75) is 31.8 Å². The third kappa shape index (κ3) is 2.03. The molecule has 2 atom stereocenters. The van der Waals surface area contributed by atoms with Gasteiger partial charge in [0.25, 0.3) is 5.91 Å². The first-order chi connectivity index (χ1) is 10.2. The Balaban J connectivity index is 1.54. The lowest BCUT2D eigenvalue weighted by Crippen LogP contribution is -2.39. The van der Waals surface area contributed by atoms with Crippen LogP contribution in [-0.4, -0.2) is 46.2 Å². The molecular formula is C14H16N4O2S. The van der Waals surface area contributed by atoms with Crippen LogP contribution in [0, 0.1) is 6.92 Å². The van der Waals surface area contributed by atoms with Crippen LogP contribution in [0.4, 0.5) is 5.13 Å². The summed E-state index contributed by atoms with van der Waals surface area (Å²) in [6.07, 6.45) is 1.96. The number of amides is 1. The van der Waals surface area contributed by atoms with Gasteiger partial charge in [-0.2, -0.15) is 0 Å². The van der Waals surface area contributed by atoms with Gasteiger partial charge in [-0.05, 0) is 31.9 Å². The summed E-state index contributed by atoms with van der Waals surface area (Å²) in [6.45, 7) is 3.57. The second kappa shape index (κ2) is 4.84. The number of hydrogen-bond acceptors (Lipinski definition) is 6. The Morgan fingerprint density at radius 2 is 2.19 bits per heavy atom. The van der Waals surface area contributed by atoms with Crippen molar-refractivity contribution in [3.63, 3.8) is 0 Å². The SMILES string of the molecule is Cc1ccc(C(=O)N2CC[C@H]3[C@H]2CCN3c2nncs2)o1. The van der Waals surface area contributed by atoms with E-state index in [1.54, 1.807) is 22.9 Å². The molecule has 21 heavy (non-hydrogen) atoms. The van der Waals surface area contributed by atoms with Crippen LogP contribution in [0.15, 0.2) is 22.1 Å². The average molecular weight is 304 g/mol. The van der Waals surface area contributed by atoms with Gasteiger partial charge in [0.1, 0.15) is 11.3 Å². The van der Waals surface area contributed by atoms with E-state index in [0.29, 0.717) is 11.8 Å². The van der Waals surface area contributed by atoms with Gasteiger partial charge in [-0.3, -0.25) is 4.79 Å². The zero-order valence-electron chi connectivity index (χ0n) is 11.7. The Morgan fingerprint density at radius 1 is 1.33 bits per heavy atom. The van der Waals surface area contributed by atoms with E-state index in [2.05, 4.69) is 15.1 Å². The van der Waals surface area contributed by atoms with E-state index >= 15 is 0 Å². The predicted octanol–water partition coefficient (Wildman–Crippen LogP) is 1.93. The molecule has 0 aromatic carbocycles. The molecule has 2 aromatic heterocycles. The minimum atomic E-state index is 0.00899. The maximum absolute atomic E-state index is 12.6. The third-order valence-electron chi connectivity index (χ3n) is 4.38. The first-order valence-electron chi connectivity index (χ1n) is 7.14. The molecule has 0 N–H and O–H groups in total. The van der Waals surface area contributed by atoms with Crippen molar-refractivity contribution in [1.29, 1.82) is 0 Å². The standard InChI is InChI=1S/C14H16N4O2S/c1-9-2-3-12(20-9)13(19)17-6-4-11-10(17)5-7-18(11)14-16-15-8-21-14/h2-3,8,10-11H,4-7H2,1H3/t10-,11+/m1/s1. The minimum absolute atomic E-state index is 0.00899. The molecule has 6 nitrogen and oxygen atoms in total. The van der Waals surface area contributed by atoms with E-state index in [-0.39, 0.29) is 11.9 Å². The number of likely N-dealkylation sites (tertiary alicyclic amines) is 1. The fourth-order valence-electron chi connectivity index (χ4n) is 3.46. The van der Waals surface area contributed by atoms with Crippen LogP contribution in [0.2, 0.25) is 0 Å². The number of furan rings is 1. The Kier molecular flexibility index (Phi) is 2.95. The van der Waals surface area contributed by atoms with Gasteiger partial charge in [0, 0.05) is 13.1 Å². The van der Waals surface area contributed by atoms with Crippen LogP contribution in [-0.2, 0) is 0 Å². The number of hydrogen-bond donors (Lipinski definition) is 0. The number of aryl methyl sites for hydroxylation is 1. The van der Waals surface area contributed by atoms with Gasteiger partial charge >= 0.3 is 0 Å². The lowest BCUT2D eigenvalue weighted by molar-refractivity contribution is 0.0704. The van der Waals surface area contributed by atoms with E-state index in [1.807, 2.05) is 17.9 Å². The molecule has 1 amide bonds. The lowest BCUT2D eigenvalue weighted by Gasteiger charge is -2.24. The second-order valence-corrected chi connectivity index (χ2v) is 6.35. The zero-order chi connectivity index (χ0) is 14.4. The first-order valence-corrected chi connectivity index (χ1v) is 8.02. The smallest absolute Gasteiger partial charge is 0.289 e. The number of rotatable bonds is 2. The van der Waals surface area contributed by atoms with Gasteiger partial charge in [0.05, 0.1) is 12.1 Å². The summed E-state index contributed by atoms with van der Waals surface area (Å²) >= 11 is 1.56. The van der Waals surface area contributed by atoms with Crippen LogP contribution in [0.1, 0.15) is 29.2 Å². The molecule has 0 saturated carbocycles. The molecule has 7 heteroatoms. The number of aromatic nitrogens is 2. The predicted molar refractivity (Wildman–Crippen MR) is 78.5 cm³/mol. The van der Waals surface area contributed by atoms with Gasteiger partial charge in [-0.25, -0.2) is 0 Å². The molecule has 0 spiro atoms. The van der Waals surface area contributed by atoms with Crippen molar-refractivity contribution in [3.05, 3.63) is 29.2 Å². The van der Waals surface area contributed by atoms with Crippen molar-refractivity contribution in [1.82, 2.24) is 15.1 Å². The number of nitrogens with zero attached hydrogens (tertiary/aromatic N) is 4. The molecule has 0 radical (unpaired) electrons. The summed E-state index contributed by atoms with van der Waals surface area (Å²) in [5.74, 6) is 1.23. The topological polar surface area (TPSA) is 62.5 Å². The van der Waals surface area contributed by atoms with Crippen LogP contribution in [0.3, 0.4) is 0 Å². The van der Waals surface area contributed by atoms with E-state index in [4.69, 9.17) is 4.42 Å². The molecule has 2 fully saturated rings. The summed E-state index contributed by atoms with van der Waals surface area (Å²) in [5.41, 5.74) is 1.76. The lowest BCUT2D eigenvalue weighted by atomic mass is 10.1. The van der Waals surface area contributed by atoms with Gasteiger partial charge in [-0.1, -0.05) is 11.3 Å². The van der Waals surface area contributed by atoms with Gasteiger partial charge in [0.2, 0.25) is 5.13 Å². The number of carbonyl (C=O) groups is 1. The van der Waals surface area contributed by atoms with E-state index in [0.717, 1.165) is 36.8 Å². The highest BCUT2D eigenvalue weighted by Gasteiger charge is 2.45. The number of fused-ring (bicyclic) bond motifs is 1. The van der Waals surface area contributed by atoms with Crippen LogP contribution < -0.4 is 4.90 Å². The normalized spacial score (nSPS) is 24.6. The second-order valence-electron chi connectivity index (χ2n) is 5.54. The van der Waals surface area contributed by atoms with Crippen molar-refractivity contribution in [3.8, 4) is 0 Å². The molecule has 2 aromatic rings. The maximum atomic E-state index is 12.6. The highest BCUT2D eigenvalue weighted by Crippen LogP contribution is 2.36. The summed E-state index contributed by atoms with van der Waals surface area (Å²) in [7, 11) is 0. The molecular weight excluding hydrogens is 288 g/mol. The van der Waals surface area contributed by atoms with Crippen molar-refractivity contribution in [2.24, 2.45) is 0 Å². The Bertz CT molecular complexity index is 654. The number of carbonyl (C=O) groups excluding carboxylic acids is 1. The summed E-state index contributed by atoms with van der Waals surface area (Å²) in [4.78, 5) is 16.8. The quantitative estimate of drug-likeness (QED) is 0.848. The minimum Gasteiger partial charge on any atom is -0.456 e. The molecule has 0 unspecified atom stereocenters. The number of anilines is 1. The highest BCUT2D eigenvalue weighted by molar-refractivity contribution is 7.13. The molecule has 2 saturated heterocycles. The summed E-state index contributed by atoms with van der Waals surface area (Å²) in [6, 6.07) is 4.22. The molecule has 0 aliphatic carbocycles. The fraction of sp³-hybridized carbons (Fsp3) is 0.500. The zero-order valence-corrected chi connectivity index (χ0v) is 12.5. The molecule has 2 aliphatic rings. The summed E-state index contributed by atoms with van der Waals surface area (Å²) in [5, 5.41) is 9.04. The highest BCUT2D eigenvalue weighted by atomic mass is 32.1. The summed E-state index contributed by atoms with van der Waals surface area (Å²) < 4.78 is 5.48.